The standard InChI is InChI=1S/C16H15ClFNO2/c17-12-6-7-15(18)14(9-12)16(21)19-13(10-20)8-11-4-2-1-3-5-11/h1-7,9,13,20H,8,10H2,(H,19,21)/t13-/m0/s1. The van der Waals surface area contributed by atoms with Crippen molar-refractivity contribution in [2.45, 2.75) is 12.5 Å². The van der Waals surface area contributed by atoms with Crippen LogP contribution in [0.5, 0.6) is 0 Å². The van der Waals surface area contributed by atoms with Crippen LogP contribution in [-0.4, -0.2) is 23.7 Å². The highest BCUT2D eigenvalue weighted by Crippen LogP contribution is 2.15. The fourth-order valence-electron chi connectivity index (χ4n) is 1.99. The van der Waals surface area contributed by atoms with E-state index in [1.807, 2.05) is 30.3 Å². The third-order valence-corrected chi connectivity index (χ3v) is 3.29. The Morgan fingerprint density at radius 3 is 2.62 bits per heavy atom. The van der Waals surface area contributed by atoms with Gasteiger partial charge in [0, 0.05) is 5.02 Å². The molecule has 21 heavy (non-hydrogen) atoms. The first-order valence-electron chi connectivity index (χ1n) is 6.51. The zero-order valence-electron chi connectivity index (χ0n) is 11.2. The molecule has 2 aromatic rings. The number of nitrogens with one attached hydrogen (secondary N) is 1. The van der Waals surface area contributed by atoms with E-state index in [-0.39, 0.29) is 17.2 Å². The maximum atomic E-state index is 13.6. The number of amides is 1. The highest BCUT2D eigenvalue weighted by atomic mass is 35.5. The number of carbonyl (C=O) groups excluding carboxylic acids is 1. The number of benzene rings is 2. The van der Waals surface area contributed by atoms with Crippen molar-refractivity contribution in [1.29, 1.82) is 0 Å². The van der Waals surface area contributed by atoms with E-state index in [0.717, 1.165) is 11.6 Å². The first-order valence-corrected chi connectivity index (χ1v) is 6.88. The monoisotopic (exact) mass is 307 g/mol. The van der Waals surface area contributed by atoms with Crippen LogP contribution in [0.1, 0.15) is 15.9 Å². The van der Waals surface area contributed by atoms with Crippen LogP contribution in [0.2, 0.25) is 5.02 Å². The van der Waals surface area contributed by atoms with E-state index in [1.54, 1.807) is 0 Å². The van der Waals surface area contributed by atoms with Gasteiger partial charge in [-0.15, -0.1) is 0 Å². The van der Waals surface area contributed by atoms with E-state index in [1.165, 1.54) is 12.1 Å². The van der Waals surface area contributed by atoms with E-state index in [2.05, 4.69) is 5.32 Å². The van der Waals surface area contributed by atoms with Gasteiger partial charge in [0.25, 0.3) is 5.91 Å². The first kappa shape index (κ1) is 15.5. The van der Waals surface area contributed by atoms with Crippen LogP contribution in [0, 0.1) is 5.82 Å². The number of halogens is 2. The smallest absolute Gasteiger partial charge is 0.254 e. The van der Waals surface area contributed by atoms with Crippen molar-refractivity contribution in [3.05, 3.63) is 70.5 Å². The Morgan fingerprint density at radius 2 is 1.95 bits per heavy atom. The van der Waals surface area contributed by atoms with Crippen molar-refractivity contribution < 1.29 is 14.3 Å². The molecule has 0 aliphatic carbocycles. The lowest BCUT2D eigenvalue weighted by molar-refractivity contribution is 0.0912. The van der Waals surface area contributed by atoms with Gasteiger partial charge >= 0.3 is 0 Å². The highest BCUT2D eigenvalue weighted by molar-refractivity contribution is 6.31. The van der Waals surface area contributed by atoms with Gasteiger partial charge in [-0.05, 0) is 30.2 Å². The molecular formula is C16H15ClFNO2. The number of hydrogen-bond donors (Lipinski definition) is 2. The maximum absolute atomic E-state index is 13.6. The molecule has 1 amide bonds. The Morgan fingerprint density at radius 1 is 1.24 bits per heavy atom. The minimum atomic E-state index is -0.645. The molecule has 2 aromatic carbocycles. The van der Waals surface area contributed by atoms with Gasteiger partial charge in [-0.1, -0.05) is 41.9 Å². The zero-order valence-corrected chi connectivity index (χ0v) is 12.0. The van der Waals surface area contributed by atoms with Gasteiger partial charge in [0.05, 0.1) is 18.2 Å². The van der Waals surface area contributed by atoms with E-state index in [4.69, 9.17) is 11.6 Å². The quantitative estimate of drug-likeness (QED) is 0.892. The molecule has 3 nitrogen and oxygen atoms in total. The third-order valence-electron chi connectivity index (χ3n) is 3.05. The summed E-state index contributed by atoms with van der Waals surface area (Å²) in [6.07, 6.45) is 0.464. The maximum Gasteiger partial charge on any atom is 0.254 e. The second kappa shape index (κ2) is 7.20. The minimum Gasteiger partial charge on any atom is -0.394 e. The normalized spacial score (nSPS) is 12.0. The Hall–Kier alpha value is -1.91. The molecule has 0 bridgehead atoms. The van der Waals surface area contributed by atoms with Gasteiger partial charge < -0.3 is 10.4 Å². The number of aliphatic hydroxyl groups is 1. The van der Waals surface area contributed by atoms with Crippen LogP contribution in [0.25, 0.3) is 0 Å². The van der Waals surface area contributed by atoms with E-state index in [0.29, 0.717) is 6.42 Å². The summed E-state index contributed by atoms with van der Waals surface area (Å²) < 4.78 is 13.6. The summed E-state index contributed by atoms with van der Waals surface area (Å²) in [6.45, 7) is -0.233. The molecule has 0 saturated heterocycles. The van der Waals surface area contributed by atoms with Crippen LogP contribution in [0.3, 0.4) is 0 Å². The molecule has 2 rings (SSSR count). The molecule has 0 spiro atoms. The zero-order chi connectivity index (χ0) is 15.2. The number of hydrogen-bond acceptors (Lipinski definition) is 2. The summed E-state index contributed by atoms with van der Waals surface area (Å²) in [4.78, 5) is 12.1. The van der Waals surface area contributed by atoms with Crippen LogP contribution >= 0.6 is 11.6 Å². The van der Waals surface area contributed by atoms with Crippen molar-refractivity contribution in [1.82, 2.24) is 5.32 Å². The number of rotatable bonds is 5. The average Bonchev–Trinajstić information content (AvgIpc) is 2.50. The van der Waals surface area contributed by atoms with Crippen molar-refractivity contribution in [2.75, 3.05) is 6.61 Å². The number of carbonyl (C=O) groups is 1. The predicted molar refractivity (Wildman–Crippen MR) is 79.9 cm³/mol. The third kappa shape index (κ3) is 4.28. The number of aliphatic hydroxyl groups excluding tert-OH is 1. The van der Waals surface area contributed by atoms with Crippen LogP contribution < -0.4 is 5.32 Å². The first-order chi connectivity index (χ1) is 10.1. The molecule has 0 aromatic heterocycles. The predicted octanol–water partition coefficient (Wildman–Crippen LogP) is 2.81. The van der Waals surface area contributed by atoms with E-state index in [9.17, 15) is 14.3 Å². The molecule has 0 saturated carbocycles. The molecule has 2 N–H and O–H groups in total. The largest absolute Gasteiger partial charge is 0.394 e. The van der Waals surface area contributed by atoms with Gasteiger partial charge in [0.1, 0.15) is 5.82 Å². The van der Waals surface area contributed by atoms with Gasteiger partial charge in [0.15, 0.2) is 0 Å². The molecule has 0 heterocycles. The molecule has 5 heteroatoms. The Labute approximate surface area is 127 Å². The molecular weight excluding hydrogens is 293 g/mol. The van der Waals surface area contributed by atoms with Crippen molar-refractivity contribution in [3.8, 4) is 0 Å². The van der Waals surface area contributed by atoms with Crippen LogP contribution in [-0.2, 0) is 6.42 Å². The Bertz CT molecular complexity index is 619. The summed E-state index contributed by atoms with van der Waals surface area (Å²) in [5.41, 5.74) is 0.845. The molecule has 0 aliphatic heterocycles. The second-order valence-electron chi connectivity index (χ2n) is 4.67. The Balaban J connectivity index is 2.07. The molecule has 0 fully saturated rings. The molecule has 0 radical (unpaired) electrons. The van der Waals surface area contributed by atoms with Gasteiger partial charge in [0.2, 0.25) is 0 Å². The second-order valence-corrected chi connectivity index (χ2v) is 5.10. The lowest BCUT2D eigenvalue weighted by Crippen LogP contribution is -2.39. The Kier molecular flexibility index (Phi) is 5.31. The fraction of sp³-hybridized carbons (Fsp3) is 0.188. The summed E-state index contributed by atoms with van der Waals surface area (Å²) in [6, 6.07) is 12.7. The lowest BCUT2D eigenvalue weighted by atomic mass is 10.1. The summed E-state index contributed by atoms with van der Waals surface area (Å²) in [7, 11) is 0. The van der Waals surface area contributed by atoms with Crippen LogP contribution in [0.4, 0.5) is 4.39 Å². The topological polar surface area (TPSA) is 49.3 Å². The van der Waals surface area contributed by atoms with Gasteiger partial charge in [-0.2, -0.15) is 0 Å². The molecule has 110 valence electrons. The molecule has 1 atom stereocenters. The molecule has 0 unspecified atom stereocenters. The van der Waals surface area contributed by atoms with E-state index >= 15 is 0 Å². The van der Waals surface area contributed by atoms with Gasteiger partial charge in [-0.25, -0.2) is 4.39 Å². The summed E-state index contributed by atoms with van der Waals surface area (Å²) >= 11 is 5.77. The fourth-order valence-corrected chi connectivity index (χ4v) is 2.17. The highest BCUT2D eigenvalue weighted by Gasteiger charge is 2.17. The average molecular weight is 308 g/mol. The lowest BCUT2D eigenvalue weighted by Gasteiger charge is -2.16. The summed E-state index contributed by atoms with van der Waals surface area (Å²) in [5, 5.41) is 12.3. The SMILES string of the molecule is O=C(N[C@H](CO)Cc1ccccc1)c1cc(Cl)ccc1F. The van der Waals surface area contributed by atoms with Gasteiger partial charge in [-0.3, -0.25) is 4.79 Å². The van der Waals surface area contributed by atoms with Crippen LogP contribution in [0.15, 0.2) is 48.5 Å². The van der Waals surface area contributed by atoms with Crippen molar-refractivity contribution in [2.24, 2.45) is 0 Å². The van der Waals surface area contributed by atoms with E-state index < -0.39 is 17.8 Å². The molecule has 0 aliphatic rings. The van der Waals surface area contributed by atoms with Crippen molar-refractivity contribution in [3.63, 3.8) is 0 Å². The summed E-state index contributed by atoms with van der Waals surface area (Å²) in [5.74, 6) is -1.24. The minimum absolute atomic E-state index is 0.131. The van der Waals surface area contributed by atoms with Crippen molar-refractivity contribution >= 4 is 17.5 Å².